The fourth-order valence-corrected chi connectivity index (χ4v) is 2.08. The Morgan fingerprint density at radius 2 is 2.54 bits per heavy atom. The van der Waals surface area contributed by atoms with Crippen LogP contribution >= 0.6 is 11.8 Å². The lowest BCUT2D eigenvalue weighted by Gasteiger charge is -2.25. The summed E-state index contributed by atoms with van der Waals surface area (Å²) in [6, 6.07) is 0.765. The molecule has 0 amide bonds. The quantitative estimate of drug-likeness (QED) is 0.769. The summed E-state index contributed by atoms with van der Waals surface area (Å²) in [6.45, 7) is 1.08. The molecule has 0 spiro atoms. The van der Waals surface area contributed by atoms with Crippen LogP contribution in [0.25, 0.3) is 0 Å². The third-order valence-corrected chi connectivity index (χ3v) is 3.52. The van der Waals surface area contributed by atoms with Gasteiger partial charge in [0.05, 0.1) is 6.20 Å². The average molecular weight is 197 g/mol. The Kier molecular flexibility index (Phi) is 2.90. The zero-order valence-corrected chi connectivity index (χ0v) is 8.68. The monoisotopic (exact) mass is 197 g/mol. The van der Waals surface area contributed by atoms with Crippen LogP contribution < -0.4 is 5.32 Å². The first-order valence-electron chi connectivity index (χ1n) is 4.63. The number of aromatic nitrogens is 2. The van der Waals surface area contributed by atoms with Gasteiger partial charge in [0.1, 0.15) is 0 Å². The van der Waals surface area contributed by atoms with E-state index in [2.05, 4.69) is 16.6 Å². The minimum atomic E-state index is 0.765. The maximum Gasteiger partial charge on any atom is 0.0522 e. The smallest absolute Gasteiger partial charge is 0.0522 e. The molecule has 0 saturated carbocycles. The van der Waals surface area contributed by atoms with Gasteiger partial charge in [0, 0.05) is 30.8 Å². The Balaban J connectivity index is 1.67. The van der Waals surface area contributed by atoms with Crippen LogP contribution in [0.1, 0.15) is 5.56 Å². The molecule has 1 aromatic rings. The Labute approximate surface area is 82.9 Å². The lowest BCUT2D eigenvalue weighted by molar-refractivity contribution is 0.585. The predicted octanol–water partition coefficient (Wildman–Crippen LogP) is 0.668. The number of aryl methyl sites for hydroxylation is 1. The number of rotatable bonds is 4. The highest BCUT2D eigenvalue weighted by Crippen LogP contribution is 2.16. The molecule has 2 heterocycles. The second-order valence-corrected chi connectivity index (χ2v) is 4.54. The lowest BCUT2D eigenvalue weighted by atomic mass is 10.2. The highest BCUT2D eigenvalue weighted by molar-refractivity contribution is 8.00. The van der Waals surface area contributed by atoms with E-state index in [9.17, 15) is 0 Å². The van der Waals surface area contributed by atoms with E-state index in [1.54, 1.807) is 0 Å². The molecule has 4 heteroatoms. The van der Waals surface area contributed by atoms with E-state index < -0.39 is 0 Å². The summed E-state index contributed by atoms with van der Waals surface area (Å²) in [5, 5.41) is 7.65. The van der Waals surface area contributed by atoms with Crippen molar-refractivity contribution < 1.29 is 0 Å². The maximum atomic E-state index is 4.13. The number of nitrogens with one attached hydrogen (secondary N) is 1. The Bertz CT molecular complexity index is 268. The zero-order chi connectivity index (χ0) is 9.10. The summed E-state index contributed by atoms with van der Waals surface area (Å²) < 4.78 is 1.86. The van der Waals surface area contributed by atoms with Gasteiger partial charge < -0.3 is 5.32 Å². The van der Waals surface area contributed by atoms with E-state index in [1.807, 2.05) is 29.7 Å². The Morgan fingerprint density at radius 3 is 3.08 bits per heavy atom. The predicted molar refractivity (Wildman–Crippen MR) is 56.0 cm³/mol. The van der Waals surface area contributed by atoms with E-state index in [1.165, 1.54) is 17.1 Å². The van der Waals surface area contributed by atoms with Gasteiger partial charge >= 0.3 is 0 Å². The van der Waals surface area contributed by atoms with Crippen molar-refractivity contribution in [3.05, 3.63) is 18.0 Å². The highest BCUT2D eigenvalue weighted by atomic mass is 32.2. The van der Waals surface area contributed by atoms with Crippen LogP contribution in [0.5, 0.6) is 0 Å². The molecule has 1 aliphatic heterocycles. The fraction of sp³-hybridized carbons (Fsp3) is 0.667. The second-order valence-electron chi connectivity index (χ2n) is 3.46. The molecule has 0 atom stereocenters. The average Bonchev–Trinajstić information content (AvgIpc) is 2.42. The van der Waals surface area contributed by atoms with E-state index in [4.69, 9.17) is 0 Å². The van der Waals surface area contributed by atoms with Gasteiger partial charge in [-0.2, -0.15) is 16.9 Å². The van der Waals surface area contributed by atoms with Crippen molar-refractivity contribution in [1.82, 2.24) is 15.1 Å². The van der Waals surface area contributed by atoms with Crippen molar-refractivity contribution in [2.24, 2.45) is 7.05 Å². The highest BCUT2D eigenvalue weighted by Gasteiger charge is 2.16. The SMILES string of the molecule is Cn1cc(CCNC2CSC2)cn1. The summed E-state index contributed by atoms with van der Waals surface area (Å²) in [5.74, 6) is 2.57. The zero-order valence-electron chi connectivity index (χ0n) is 7.86. The van der Waals surface area contributed by atoms with Gasteiger partial charge in [-0.05, 0) is 18.5 Å². The molecule has 0 unspecified atom stereocenters. The van der Waals surface area contributed by atoms with Gasteiger partial charge in [-0.25, -0.2) is 0 Å². The molecule has 0 bridgehead atoms. The van der Waals surface area contributed by atoms with Crippen molar-refractivity contribution in [2.45, 2.75) is 12.5 Å². The largest absolute Gasteiger partial charge is 0.312 e. The molecule has 1 saturated heterocycles. The van der Waals surface area contributed by atoms with Crippen LogP contribution in [0.4, 0.5) is 0 Å². The van der Waals surface area contributed by atoms with Crippen LogP contribution in [0, 0.1) is 0 Å². The van der Waals surface area contributed by atoms with Crippen molar-refractivity contribution in [3.63, 3.8) is 0 Å². The number of hydrogen-bond acceptors (Lipinski definition) is 3. The molecule has 0 aliphatic carbocycles. The van der Waals surface area contributed by atoms with Crippen LogP contribution in [-0.4, -0.2) is 33.9 Å². The molecule has 1 fully saturated rings. The van der Waals surface area contributed by atoms with Gasteiger partial charge in [0.25, 0.3) is 0 Å². The molecular weight excluding hydrogens is 182 g/mol. The summed E-state index contributed by atoms with van der Waals surface area (Å²) >= 11 is 2.02. The van der Waals surface area contributed by atoms with Gasteiger partial charge in [-0.3, -0.25) is 4.68 Å². The standard InChI is InChI=1S/C9H15N3S/c1-12-5-8(4-11-12)2-3-10-9-6-13-7-9/h4-5,9-10H,2-3,6-7H2,1H3. The minimum absolute atomic E-state index is 0.765. The Hall–Kier alpha value is -0.480. The third kappa shape index (κ3) is 2.48. The molecule has 1 N–H and O–H groups in total. The first-order valence-corrected chi connectivity index (χ1v) is 5.79. The molecule has 13 heavy (non-hydrogen) atoms. The van der Waals surface area contributed by atoms with E-state index in [0.29, 0.717) is 0 Å². The first kappa shape index (κ1) is 9.09. The van der Waals surface area contributed by atoms with Gasteiger partial charge in [0.2, 0.25) is 0 Å². The number of thioether (sulfide) groups is 1. The third-order valence-electron chi connectivity index (χ3n) is 2.24. The van der Waals surface area contributed by atoms with Crippen molar-refractivity contribution in [1.29, 1.82) is 0 Å². The van der Waals surface area contributed by atoms with Crippen molar-refractivity contribution in [2.75, 3.05) is 18.1 Å². The molecule has 0 radical (unpaired) electrons. The van der Waals surface area contributed by atoms with Crippen LogP contribution in [-0.2, 0) is 13.5 Å². The van der Waals surface area contributed by atoms with E-state index in [0.717, 1.165) is 19.0 Å². The van der Waals surface area contributed by atoms with Crippen LogP contribution in [0.2, 0.25) is 0 Å². The lowest BCUT2D eigenvalue weighted by Crippen LogP contribution is -2.41. The minimum Gasteiger partial charge on any atom is -0.312 e. The maximum absolute atomic E-state index is 4.13. The number of hydrogen-bond donors (Lipinski definition) is 1. The summed E-state index contributed by atoms with van der Waals surface area (Å²) in [5.41, 5.74) is 1.32. The van der Waals surface area contributed by atoms with Crippen molar-refractivity contribution >= 4 is 11.8 Å². The van der Waals surface area contributed by atoms with Crippen LogP contribution in [0.15, 0.2) is 12.4 Å². The summed E-state index contributed by atoms with van der Waals surface area (Å²) in [4.78, 5) is 0. The molecule has 1 aliphatic rings. The second kappa shape index (κ2) is 4.15. The Morgan fingerprint density at radius 1 is 1.69 bits per heavy atom. The molecule has 1 aromatic heterocycles. The molecule has 2 rings (SSSR count). The van der Waals surface area contributed by atoms with Gasteiger partial charge in [-0.15, -0.1) is 0 Å². The molecule has 0 aromatic carbocycles. The topological polar surface area (TPSA) is 29.9 Å². The van der Waals surface area contributed by atoms with E-state index in [-0.39, 0.29) is 0 Å². The van der Waals surface area contributed by atoms with Crippen LogP contribution in [0.3, 0.4) is 0 Å². The summed E-state index contributed by atoms with van der Waals surface area (Å²) in [7, 11) is 1.96. The summed E-state index contributed by atoms with van der Waals surface area (Å²) in [6.07, 6.45) is 5.11. The van der Waals surface area contributed by atoms with Gasteiger partial charge in [-0.1, -0.05) is 0 Å². The normalized spacial score (nSPS) is 17.3. The van der Waals surface area contributed by atoms with Gasteiger partial charge in [0.15, 0.2) is 0 Å². The number of nitrogens with zero attached hydrogens (tertiary/aromatic N) is 2. The first-order chi connectivity index (χ1) is 6.34. The fourth-order valence-electron chi connectivity index (χ4n) is 1.38. The molecule has 3 nitrogen and oxygen atoms in total. The molecule has 72 valence electrons. The van der Waals surface area contributed by atoms with E-state index >= 15 is 0 Å². The van der Waals surface area contributed by atoms with Crippen molar-refractivity contribution in [3.8, 4) is 0 Å². The molecular formula is C9H15N3S.